The van der Waals surface area contributed by atoms with Gasteiger partial charge in [-0.1, -0.05) is 26.0 Å². The molecule has 1 N–H and O–H groups in total. The zero-order valence-corrected chi connectivity index (χ0v) is 12.4. The lowest BCUT2D eigenvalue weighted by Gasteiger charge is -2.11. The number of rotatable bonds is 4. The maximum atomic E-state index is 9.99. The second-order valence-corrected chi connectivity index (χ2v) is 5.54. The highest BCUT2D eigenvalue weighted by atomic mass is 16.3. The minimum Gasteiger partial charge on any atom is -0.448 e. The van der Waals surface area contributed by atoms with E-state index in [9.17, 15) is 5.11 Å². The average Bonchev–Trinajstić information content (AvgIpc) is 3.04. The van der Waals surface area contributed by atoms with Gasteiger partial charge in [0.15, 0.2) is 6.39 Å². The van der Waals surface area contributed by atoms with Crippen LogP contribution in [0.5, 0.6) is 0 Å². The van der Waals surface area contributed by atoms with Crippen LogP contribution in [0.1, 0.15) is 50.1 Å². The summed E-state index contributed by atoms with van der Waals surface area (Å²) in [5, 5.41) is 9.99. The lowest BCUT2D eigenvalue weighted by Crippen LogP contribution is -2.09. The highest BCUT2D eigenvalue weighted by molar-refractivity contribution is 5.76. The van der Waals surface area contributed by atoms with Gasteiger partial charge in [-0.05, 0) is 19.1 Å². The van der Waals surface area contributed by atoms with Gasteiger partial charge in [0.25, 0.3) is 0 Å². The standard InChI is InChI=1S/C16H19N3O2/c1-10(2)15-13(17-9-21-15)8-19-14-7-5-4-6-12(14)18-16(19)11(3)20/h4-7,9-11,20H,8H2,1-3H3/t11-/m0/s1. The van der Waals surface area contributed by atoms with Crippen LogP contribution in [-0.4, -0.2) is 19.6 Å². The Hall–Kier alpha value is -2.14. The van der Waals surface area contributed by atoms with Crippen LogP contribution in [0.2, 0.25) is 0 Å². The molecule has 0 fully saturated rings. The van der Waals surface area contributed by atoms with Gasteiger partial charge in [0.05, 0.1) is 17.6 Å². The van der Waals surface area contributed by atoms with Crippen molar-refractivity contribution in [1.29, 1.82) is 0 Å². The predicted octanol–water partition coefficient (Wildman–Crippen LogP) is 3.25. The number of imidazole rings is 1. The summed E-state index contributed by atoms with van der Waals surface area (Å²) in [5.41, 5.74) is 2.75. The molecule has 1 aromatic carbocycles. The number of aromatic nitrogens is 3. The lowest BCUT2D eigenvalue weighted by molar-refractivity contribution is 0.185. The summed E-state index contributed by atoms with van der Waals surface area (Å²) in [6, 6.07) is 7.87. The number of oxazole rings is 1. The molecule has 2 heterocycles. The number of hydrogen-bond acceptors (Lipinski definition) is 4. The Bertz CT molecular complexity index is 756. The minimum absolute atomic E-state index is 0.271. The highest BCUT2D eigenvalue weighted by Gasteiger charge is 2.18. The molecule has 3 aromatic rings. The Morgan fingerprint density at radius 2 is 2.00 bits per heavy atom. The Morgan fingerprint density at radius 3 is 2.71 bits per heavy atom. The minimum atomic E-state index is -0.633. The van der Waals surface area contributed by atoms with Crippen LogP contribution in [0.3, 0.4) is 0 Å². The maximum absolute atomic E-state index is 9.99. The molecular formula is C16H19N3O2. The normalized spacial score (nSPS) is 13.2. The number of hydrogen-bond donors (Lipinski definition) is 1. The van der Waals surface area contributed by atoms with Gasteiger partial charge in [0.1, 0.15) is 23.4 Å². The molecule has 0 spiro atoms. The monoisotopic (exact) mass is 285 g/mol. The van der Waals surface area contributed by atoms with E-state index in [1.807, 2.05) is 28.8 Å². The predicted molar refractivity (Wildman–Crippen MR) is 80.1 cm³/mol. The van der Waals surface area contributed by atoms with Crippen molar-refractivity contribution in [3.63, 3.8) is 0 Å². The Morgan fingerprint density at radius 1 is 1.24 bits per heavy atom. The highest BCUT2D eigenvalue weighted by Crippen LogP contribution is 2.24. The topological polar surface area (TPSA) is 64.1 Å². The lowest BCUT2D eigenvalue weighted by atomic mass is 10.1. The summed E-state index contributed by atoms with van der Waals surface area (Å²) in [6.45, 7) is 6.42. The first kappa shape index (κ1) is 13.8. The first-order chi connectivity index (χ1) is 10.1. The van der Waals surface area contributed by atoms with Crippen molar-refractivity contribution in [2.24, 2.45) is 0 Å². The van der Waals surface area contributed by atoms with E-state index in [1.54, 1.807) is 6.92 Å². The molecule has 3 rings (SSSR count). The fourth-order valence-corrected chi connectivity index (χ4v) is 2.60. The van der Waals surface area contributed by atoms with Crippen molar-refractivity contribution >= 4 is 11.0 Å². The summed E-state index contributed by atoms with van der Waals surface area (Å²) in [4.78, 5) is 8.84. The van der Waals surface area contributed by atoms with Gasteiger partial charge in [-0.15, -0.1) is 0 Å². The number of aliphatic hydroxyl groups is 1. The summed E-state index contributed by atoms with van der Waals surface area (Å²) in [5.74, 6) is 1.80. The molecule has 0 aliphatic rings. The number of fused-ring (bicyclic) bond motifs is 1. The SMILES string of the molecule is CC(C)c1ocnc1Cn1c([C@H](C)O)nc2ccccc21. The van der Waals surface area contributed by atoms with E-state index in [4.69, 9.17) is 4.42 Å². The van der Waals surface area contributed by atoms with Gasteiger partial charge in [0.2, 0.25) is 0 Å². The van der Waals surface area contributed by atoms with Gasteiger partial charge < -0.3 is 14.1 Å². The first-order valence-electron chi connectivity index (χ1n) is 7.13. The molecule has 2 aromatic heterocycles. The van der Waals surface area contributed by atoms with Crippen LogP contribution in [0.25, 0.3) is 11.0 Å². The van der Waals surface area contributed by atoms with E-state index in [2.05, 4.69) is 23.8 Å². The summed E-state index contributed by atoms with van der Waals surface area (Å²) in [7, 11) is 0. The van der Waals surface area contributed by atoms with Crippen molar-refractivity contribution in [2.75, 3.05) is 0 Å². The van der Waals surface area contributed by atoms with E-state index >= 15 is 0 Å². The van der Waals surface area contributed by atoms with Crippen molar-refractivity contribution < 1.29 is 9.52 Å². The third-order valence-corrected chi connectivity index (χ3v) is 3.56. The summed E-state index contributed by atoms with van der Waals surface area (Å²) < 4.78 is 7.48. The zero-order valence-electron chi connectivity index (χ0n) is 12.4. The smallest absolute Gasteiger partial charge is 0.181 e. The molecule has 0 saturated carbocycles. The van der Waals surface area contributed by atoms with Crippen LogP contribution in [0, 0.1) is 0 Å². The van der Waals surface area contributed by atoms with Gasteiger partial charge in [-0.2, -0.15) is 0 Å². The molecule has 5 heteroatoms. The summed E-state index contributed by atoms with van der Waals surface area (Å²) in [6.07, 6.45) is 0.845. The molecule has 21 heavy (non-hydrogen) atoms. The van der Waals surface area contributed by atoms with Crippen LogP contribution < -0.4 is 0 Å². The van der Waals surface area contributed by atoms with E-state index in [1.165, 1.54) is 6.39 Å². The first-order valence-corrected chi connectivity index (χ1v) is 7.13. The molecule has 0 radical (unpaired) electrons. The number of benzene rings is 1. The van der Waals surface area contributed by atoms with Gasteiger partial charge in [-0.3, -0.25) is 0 Å². The molecule has 0 bridgehead atoms. The number of aliphatic hydroxyl groups excluding tert-OH is 1. The number of nitrogens with zero attached hydrogens (tertiary/aromatic N) is 3. The molecule has 0 amide bonds. The van der Waals surface area contributed by atoms with Gasteiger partial charge in [-0.25, -0.2) is 9.97 Å². The van der Waals surface area contributed by atoms with E-state index in [0.29, 0.717) is 12.4 Å². The van der Waals surface area contributed by atoms with E-state index < -0.39 is 6.10 Å². The van der Waals surface area contributed by atoms with Crippen LogP contribution in [0.4, 0.5) is 0 Å². The van der Waals surface area contributed by atoms with Crippen LogP contribution >= 0.6 is 0 Å². The molecule has 0 aliphatic heterocycles. The van der Waals surface area contributed by atoms with Crippen LogP contribution in [0.15, 0.2) is 35.1 Å². The molecule has 5 nitrogen and oxygen atoms in total. The molecule has 0 aliphatic carbocycles. The van der Waals surface area contributed by atoms with Gasteiger partial charge in [0, 0.05) is 5.92 Å². The van der Waals surface area contributed by atoms with Crippen molar-refractivity contribution in [3.8, 4) is 0 Å². The second kappa shape index (κ2) is 5.33. The van der Waals surface area contributed by atoms with Crippen molar-refractivity contribution in [1.82, 2.24) is 14.5 Å². The largest absolute Gasteiger partial charge is 0.448 e. The zero-order chi connectivity index (χ0) is 15.0. The Balaban J connectivity index is 2.10. The molecule has 0 saturated heterocycles. The fourth-order valence-electron chi connectivity index (χ4n) is 2.60. The number of para-hydroxylation sites is 2. The third kappa shape index (κ3) is 2.45. The van der Waals surface area contributed by atoms with E-state index in [-0.39, 0.29) is 5.92 Å². The van der Waals surface area contributed by atoms with Crippen molar-refractivity contribution in [3.05, 3.63) is 47.9 Å². The maximum Gasteiger partial charge on any atom is 0.181 e. The average molecular weight is 285 g/mol. The van der Waals surface area contributed by atoms with Crippen molar-refractivity contribution in [2.45, 2.75) is 39.3 Å². The molecule has 0 unspecified atom stereocenters. The Kier molecular flexibility index (Phi) is 3.51. The quantitative estimate of drug-likeness (QED) is 0.799. The summed E-state index contributed by atoms with van der Waals surface area (Å²) >= 11 is 0. The molecule has 110 valence electrons. The van der Waals surface area contributed by atoms with Gasteiger partial charge >= 0.3 is 0 Å². The molecule has 1 atom stereocenters. The third-order valence-electron chi connectivity index (χ3n) is 3.56. The second-order valence-electron chi connectivity index (χ2n) is 5.54. The van der Waals surface area contributed by atoms with Crippen LogP contribution in [-0.2, 0) is 6.54 Å². The van der Waals surface area contributed by atoms with E-state index in [0.717, 1.165) is 22.5 Å². The fraction of sp³-hybridized carbons (Fsp3) is 0.375. The molecular weight excluding hydrogens is 266 g/mol. The Labute approximate surface area is 123 Å².